The predicted octanol–water partition coefficient (Wildman–Crippen LogP) is 8.54. The van der Waals surface area contributed by atoms with Crippen molar-refractivity contribution in [1.82, 2.24) is 0 Å². The molecule has 8 unspecified atom stereocenters. The van der Waals surface area contributed by atoms with Gasteiger partial charge in [-0.2, -0.15) is 0 Å². The maximum Gasteiger partial charge on any atom is 0.335 e. The van der Waals surface area contributed by atoms with E-state index in [2.05, 4.69) is 94.2 Å². The molecule has 2 aromatic carbocycles. The highest BCUT2D eigenvalue weighted by atomic mass is 31.1. The van der Waals surface area contributed by atoms with Crippen LogP contribution in [0.4, 0.5) is 0 Å². The Bertz CT molecular complexity index is 1270. The Morgan fingerprint density at radius 3 is 1.35 bits per heavy atom. The van der Waals surface area contributed by atoms with Crippen LogP contribution in [0.5, 0.6) is 0 Å². The Hall–Kier alpha value is -0.502. The van der Waals surface area contributed by atoms with E-state index in [1.54, 1.807) is 0 Å². The first-order chi connectivity index (χ1) is 23.2. The summed E-state index contributed by atoms with van der Waals surface area (Å²) in [4.78, 5) is 0. The number of benzene rings is 2. The minimum absolute atomic E-state index is 0.0632. The lowest BCUT2D eigenvalue weighted by atomic mass is 9.95. The predicted molar refractivity (Wildman–Crippen MR) is 206 cm³/mol. The Kier molecular flexibility index (Phi) is 11.1. The van der Waals surface area contributed by atoms with E-state index in [4.69, 9.17) is 26.6 Å². The summed E-state index contributed by atoms with van der Waals surface area (Å²) in [6, 6.07) is 31.4. The monoisotopic (exact) mass is 742 g/mol. The number of hydrogen-bond donors (Lipinski definition) is 0. The smallest absolute Gasteiger partial charge is 0.335 e. The molecule has 0 amide bonds. The molecule has 2 aromatic rings. The molecule has 0 aliphatic carbocycles. The summed E-state index contributed by atoms with van der Waals surface area (Å²) in [7, 11) is -9.22. The summed E-state index contributed by atoms with van der Waals surface area (Å²) >= 11 is 0. The van der Waals surface area contributed by atoms with Crippen LogP contribution in [0.15, 0.2) is 60.7 Å². The van der Waals surface area contributed by atoms with Crippen LogP contribution < -0.4 is 10.6 Å². The summed E-state index contributed by atoms with van der Waals surface area (Å²) in [5.41, 5.74) is 0. The van der Waals surface area contributed by atoms with Gasteiger partial charge in [-0.25, -0.2) is 0 Å². The third-order valence-electron chi connectivity index (χ3n) is 12.1. The molecule has 5 aliphatic rings. The zero-order valence-electron chi connectivity index (χ0n) is 30.0. The second kappa shape index (κ2) is 14.9. The summed E-state index contributed by atoms with van der Waals surface area (Å²) < 4.78 is 42.7. The molecule has 6 nitrogen and oxygen atoms in total. The number of fused-ring (bicyclic) bond motifs is 12. The Morgan fingerprint density at radius 2 is 0.938 bits per heavy atom. The van der Waals surface area contributed by atoms with Gasteiger partial charge in [-0.05, 0) is 75.3 Å². The van der Waals surface area contributed by atoms with Gasteiger partial charge in [0.2, 0.25) is 0 Å². The van der Waals surface area contributed by atoms with Crippen molar-refractivity contribution >= 4 is 52.3 Å². The lowest BCUT2D eigenvalue weighted by Gasteiger charge is -2.35. The van der Waals surface area contributed by atoms with Crippen molar-refractivity contribution in [3.63, 3.8) is 0 Å². The standard InChI is InChI=1S/C37H59O6PSi4/c1-6-32-34-36-37-35-33(7-2)39-46(4,41-35)24-16-28-48(27-15-23-45(3,38-32)40-34,29-17-25-47(5,42-36)43-37)26-14-22-44(30-18-10-8-11-19-30)31-20-12-9-13-21-31/h8-13,18-21,32-37H,6-7,14-17,22-29H2,1-5H3. The minimum atomic E-state index is -2.46. The van der Waals surface area contributed by atoms with Crippen LogP contribution in [0.3, 0.4) is 0 Å². The van der Waals surface area contributed by atoms with Gasteiger partial charge in [-0.3, -0.25) is 0 Å². The Labute approximate surface area is 295 Å². The molecule has 7 rings (SSSR count). The van der Waals surface area contributed by atoms with E-state index in [9.17, 15) is 0 Å². The van der Waals surface area contributed by atoms with Gasteiger partial charge in [-0.15, -0.1) is 0 Å². The molecule has 5 heterocycles. The summed E-state index contributed by atoms with van der Waals surface area (Å²) in [5, 5.41) is 3.01. The van der Waals surface area contributed by atoms with Crippen molar-refractivity contribution in [2.75, 3.05) is 6.16 Å². The molecule has 11 heteroatoms. The van der Waals surface area contributed by atoms with Crippen molar-refractivity contribution in [2.24, 2.45) is 0 Å². The molecule has 8 atom stereocenters. The fourth-order valence-corrected chi connectivity index (χ4v) is 27.2. The fourth-order valence-electron chi connectivity index (χ4n) is 9.68. The molecule has 0 saturated carbocycles. The first kappa shape index (κ1) is 35.9. The van der Waals surface area contributed by atoms with E-state index in [1.807, 2.05) is 0 Å². The van der Waals surface area contributed by atoms with Crippen LogP contribution in [0, 0.1) is 0 Å². The van der Waals surface area contributed by atoms with Crippen LogP contribution in [0.25, 0.3) is 0 Å². The molecule has 5 fully saturated rings. The molecule has 48 heavy (non-hydrogen) atoms. The van der Waals surface area contributed by atoms with Crippen molar-refractivity contribution in [3.05, 3.63) is 60.7 Å². The highest BCUT2D eigenvalue weighted by Crippen LogP contribution is 2.48. The first-order valence-corrected chi connectivity index (χ1v) is 31.0. The van der Waals surface area contributed by atoms with E-state index in [0.29, 0.717) is 0 Å². The second-order valence-corrected chi connectivity index (χ2v) is 32.9. The van der Waals surface area contributed by atoms with Crippen LogP contribution in [0.2, 0.25) is 61.9 Å². The van der Waals surface area contributed by atoms with E-state index in [-0.39, 0.29) is 44.5 Å². The topological polar surface area (TPSA) is 55.4 Å². The zero-order chi connectivity index (χ0) is 33.4. The molecule has 8 bridgehead atoms. The quantitative estimate of drug-likeness (QED) is 0.200. The van der Waals surface area contributed by atoms with Gasteiger partial charge in [0.25, 0.3) is 0 Å². The lowest BCUT2D eigenvalue weighted by molar-refractivity contribution is -0.0356. The third kappa shape index (κ3) is 7.65. The molecule has 0 N–H and O–H groups in total. The van der Waals surface area contributed by atoms with Gasteiger partial charge in [0.15, 0.2) is 0 Å². The van der Waals surface area contributed by atoms with Crippen LogP contribution in [0.1, 0.15) is 52.4 Å². The Morgan fingerprint density at radius 1 is 0.542 bits per heavy atom. The van der Waals surface area contributed by atoms with Gasteiger partial charge in [0, 0.05) is 0 Å². The van der Waals surface area contributed by atoms with Crippen molar-refractivity contribution < 1.29 is 26.6 Å². The summed E-state index contributed by atoms with van der Waals surface area (Å²) in [6.45, 7) is 11.5. The van der Waals surface area contributed by atoms with Crippen molar-refractivity contribution in [2.45, 2.75) is 151 Å². The third-order valence-corrected chi connectivity index (χ3v) is 28.8. The van der Waals surface area contributed by atoms with Gasteiger partial charge in [0.1, 0.15) is 12.2 Å². The SMILES string of the molecule is CCC1O[Si]2(C)CCC[Si]3(CCCP(c4ccccc4)c4ccccc4)CCC[Si]4(C)OC(CC)C(O4)C4O[Si](C)(CCC3)OC4C1O2. The first-order valence-electron chi connectivity index (χ1n) is 19.1. The average molecular weight is 743 g/mol. The molecule has 264 valence electrons. The van der Waals surface area contributed by atoms with Gasteiger partial charge >= 0.3 is 25.7 Å². The average Bonchev–Trinajstić information content (AvgIpc) is 3.73. The summed E-state index contributed by atoms with van der Waals surface area (Å²) in [6.07, 6.45) is 7.86. The number of rotatable bonds is 8. The van der Waals surface area contributed by atoms with Gasteiger partial charge < -0.3 is 26.6 Å². The molecule has 0 aromatic heterocycles. The van der Waals surface area contributed by atoms with Crippen LogP contribution >= 0.6 is 7.92 Å². The lowest BCUT2D eigenvalue weighted by Crippen LogP contribution is -2.49. The minimum Gasteiger partial charge on any atom is -0.388 e. The van der Waals surface area contributed by atoms with Crippen molar-refractivity contribution in [1.29, 1.82) is 0 Å². The van der Waals surface area contributed by atoms with Crippen LogP contribution in [-0.4, -0.2) is 76.5 Å². The van der Waals surface area contributed by atoms with Gasteiger partial charge in [-0.1, -0.05) is 124 Å². The molecular weight excluding hydrogens is 684 g/mol. The van der Waals surface area contributed by atoms with E-state index in [1.165, 1.54) is 66.6 Å². The van der Waals surface area contributed by atoms with Crippen molar-refractivity contribution in [3.8, 4) is 0 Å². The zero-order valence-corrected chi connectivity index (χ0v) is 34.9. The van der Waals surface area contributed by atoms with E-state index >= 15 is 0 Å². The number of hydrogen-bond acceptors (Lipinski definition) is 6. The maximum absolute atomic E-state index is 7.22. The normalized spacial score (nSPS) is 41.5. The highest BCUT2D eigenvalue weighted by Gasteiger charge is 2.62. The molecule has 0 spiro atoms. The fraction of sp³-hybridized carbons (Fsp3) is 0.676. The highest BCUT2D eigenvalue weighted by molar-refractivity contribution is 7.73. The van der Waals surface area contributed by atoms with Crippen LogP contribution in [-0.2, 0) is 26.6 Å². The Balaban J connectivity index is 1.21. The summed E-state index contributed by atoms with van der Waals surface area (Å²) in [5.74, 6) is 0. The largest absolute Gasteiger partial charge is 0.388 e. The van der Waals surface area contributed by atoms with E-state index < -0.39 is 33.8 Å². The van der Waals surface area contributed by atoms with Gasteiger partial charge in [0.05, 0.1) is 32.5 Å². The molecular formula is C37H59O6PSi4. The second-order valence-electron chi connectivity index (χ2n) is 15.8. The van der Waals surface area contributed by atoms with E-state index in [0.717, 1.165) is 31.0 Å². The molecule has 5 saturated heterocycles. The maximum atomic E-state index is 7.22. The molecule has 5 aliphatic heterocycles. The molecule has 0 radical (unpaired) electrons.